The van der Waals surface area contributed by atoms with Crippen LogP contribution in [0.2, 0.25) is 0 Å². The number of carbonyl (C=O) groups is 1. The largest absolute Gasteiger partial charge is 0.322 e. The molecule has 0 aliphatic carbocycles. The van der Waals surface area contributed by atoms with Gasteiger partial charge in [-0.1, -0.05) is 12.1 Å². The Kier molecular flexibility index (Phi) is 3.60. The quantitative estimate of drug-likeness (QED) is 0.698. The topological polar surface area (TPSA) is 54.9 Å². The molecular weight excluding hydrogens is 365 g/mol. The van der Waals surface area contributed by atoms with Gasteiger partial charge in [-0.25, -0.2) is 0 Å². The molecule has 0 aliphatic heterocycles. The van der Waals surface area contributed by atoms with E-state index in [1.165, 1.54) is 0 Å². The van der Waals surface area contributed by atoms with Gasteiger partial charge in [-0.15, -0.1) is 0 Å². The number of hydrogen-bond acceptors (Lipinski definition) is 3. The van der Waals surface area contributed by atoms with E-state index in [1.54, 1.807) is 24.5 Å². The van der Waals surface area contributed by atoms with Crippen molar-refractivity contribution in [3.63, 3.8) is 0 Å². The molecule has 0 unspecified atom stereocenters. The van der Waals surface area contributed by atoms with Gasteiger partial charge in [0.15, 0.2) is 0 Å². The van der Waals surface area contributed by atoms with Gasteiger partial charge in [0.1, 0.15) is 5.52 Å². The normalized spacial score (nSPS) is 10.4. The highest BCUT2D eigenvalue weighted by Gasteiger charge is 2.11. The molecule has 0 atom stereocenters. The van der Waals surface area contributed by atoms with Gasteiger partial charge in [-0.05, 0) is 52.9 Å². The molecule has 2 aromatic carbocycles. The van der Waals surface area contributed by atoms with Gasteiger partial charge in [-0.2, -0.15) is 0 Å². The monoisotopic (exact) mass is 375 g/mol. The molecule has 0 saturated carbocycles. The van der Waals surface area contributed by atoms with Crippen molar-refractivity contribution >= 4 is 45.2 Å². The number of anilines is 1. The Bertz CT molecular complexity index is 783. The van der Waals surface area contributed by atoms with Crippen molar-refractivity contribution in [3.8, 4) is 0 Å². The number of amides is 1. The number of nitrogens with one attached hydrogen (secondary N) is 1. The lowest BCUT2D eigenvalue weighted by Gasteiger charge is -2.07. The summed E-state index contributed by atoms with van der Waals surface area (Å²) < 4.78 is 1.07. The number of hydrogen-bond donors (Lipinski definition) is 1. The number of para-hydroxylation sites is 1. The van der Waals surface area contributed by atoms with E-state index in [1.807, 2.05) is 30.3 Å². The Morgan fingerprint density at radius 1 is 1.05 bits per heavy atom. The van der Waals surface area contributed by atoms with Gasteiger partial charge < -0.3 is 5.32 Å². The minimum atomic E-state index is -0.182. The molecule has 3 aromatic rings. The number of rotatable bonds is 2. The van der Waals surface area contributed by atoms with E-state index in [-0.39, 0.29) is 5.91 Å². The second-order valence-electron chi connectivity index (χ2n) is 4.19. The fraction of sp³-hybridized carbons (Fsp3) is 0. The summed E-state index contributed by atoms with van der Waals surface area (Å²) in [5.74, 6) is -0.182. The van der Waals surface area contributed by atoms with Crippen LogP contribution in [0.25, 0.3) is 11.0 Å². The first-order valence-corrected chi connectivity index (χ1v) is 7.08. The van der Waals surface area contributed by atoms with E-state index < -0.39 is 0 Å². The summed E-state index contributed by atoms with van der Waals surface area (Å²) >= 11 is 2.21. The smallest absolute Gasteiger partial charge is 0.257 e. The van der Waals surface area contributed by atoms with Crippen LogP contribution in [0.3, 0.4) is 0 Å². The summed E-state index contributed by atoms with van der Waals surface area (Å²) in [7, 11) is 0. The molecule has 1 heterocycles. The van der Waals surface area contributed by atoms with Gasteiger partial charge in [0.2, 0.25) is 0 Å². The minimum absolute atomic E-state index is 0.182. The first-order valence-electron chi connectivity index (χ1n) is 6.01. The van der Waals surface area contributed by atoms with Gasteiger partial charge in [-0.3, -0.25) is 14.8 Å². The van der Waals surface area contributed by atoms with E-state index in [4.69, 9.17) is 0 Å². The van der Waals surface area contributed by atoms with Crippen LogP contribution in [0.1, 0.15) is 10.4 Å². The third kappa shape index (κ3) is 2.62. The minimum Gasteiger partial charge on any atom is -0.322 e. The molecular formula is C15H10IN3O. The summed E-state index contributed by atoms with van der Waals surface area (Å²) in [4.78, 5) is 20.8. The van der Waals surface area contributed by atoms with Crippen LogP contribution >= 0.6 is 22.6 Å². The van der Waals surface area contributed by atoms with E-state index in [0.29, 0.717) is 16.6 Å². The SMILES string of the molecule is O=C(Nc1cccc(I)c1)c1cccc2nccnc12. The van der Waals surface area contributed by atoms with E-state index in [9.17, 15) is 4.79 Å². The van der Waals surface area contributed by atoms with Gasteiger partial charge in [0.25, 0.3) is 5.91 Å². The van der Waals surface area contributed by atoms with E-state index in [2.05, 4.69) is 37.9 Å². The molecule has 5 heteroatoms. The van der Waals surface area contributed by atoms with Crippen molar-refractivity contribution in [1.82, 2.24) is 9.97 Å². The zero-order valence-electron chi connectivity index (χ0n) is 10.4. The van der Waals surface area contributed by atoms with Gasteiger partial charge in [0, 0.05) is 21.7 Å². The number of carbonyl (C=O) groups excluding carboxylic acids is 1. The van der Waals surface area contributed by atoms with Crippen LogP contribution < -0.4 is 5.32 Å². The summed E-state index contributed by atoms with van der Waals surface area (Å²) in [6.07, 6.45) is 3.20. The second kappa shape index (κ2) is 5.54. The third-order valence-corrected chi connectivity index (χ3v) is 3.50. The van der Waals surface area contributed by atoms with Crippen LogP contribution in [0.5, 0.6) is 0 Å². The number of aromatic nitrogens is 2. The third-order valence-electron chi connectivity index (χ3n) is 2.83. The average molecular weight is 375 g/mol. The average Bonchev–Trinajstić information content (AvgIpc) is 2.46. The Hall–Kier alpha value is -2.02. The number of fused-ring (bicyclic) bond motifs is 1. The Morgan fingerprint density at radius 3 is 2.70 bits per heavy atom. The highest BCUT2D eigenvalue weighted by atomic mass is 127. The summed E-state index contributed by atoms with van der Waals surface area (Å²) in [5.41, 5.74) is 2.61. The maximum Gasteiger partial charge on any atom is 0.257 e. The summed E-state index contributed by atoms with van der Waals surface area (Å²) in [5, 5.41) is 2.88. The van der Waals surface area contributed by atoms with Crippen LogP contribution in [0.15, 0.2) is 54.9 Å². The molecule has 1 aromatic heterocycles. The van der Waals surface area contributed by atoms with Crippen LogP contribution in [0, 0.1) is 3.57 Å². The van der Waals surface area contributed by atoms with Gasteiger partial charge in [0.05, 0.1) is 11.1 Å². The predicted molar refractivity (Wildman–Crippen MR) is 86.7 cm³/mol. The van der Waals surface area contributed by atoms with Crippen LogP contribution in [-0.4, -0.2) is 15.9 Å². The molecule has 20 heavy (non-hydrogen) atoms. The predicted octanol–water partition coefficient (Wildman–Crippen LogP) is 3.49. The van der Waals surface area contributed by atoms with Crippen molar-refractivity contribution in [2.45, 2.75) is 0 Å². The Morgan fingerprint density at radius 2 is 1.85 bits per heavy atom. The molecule has 3 rings (SSSR count). The van der Waals surface area contributed by atoms with Crippen molar-refractivity contribution in [2.24, 2.45) is 0 Å². The number of halogens is 1. The molecule has 1 amide bonds. The maximum absolute atomic E-state index is 12.4. The molecule has 0 bridgehead atoms. The molecule has 1 N–H and O–H groups in total. The first kappa shape index (κ1) is 13.0. The lowest BCUT2D eigenvalue weighted by atomic mass is 10.1. The summed E-state index contributed by atoms with van der Waals surface area (Å²) in [6.45, 7) is 0. The van der Waals surface area contributed by atoms with Gasteiger partial charge >= 0.3 is 0 Å². The maximum atomic E-state index is 12.4. The fourth-order valence-corrected chi connectivity index (χ4v) is 2.48. The second-order valence-corrected chi connectivity index (χ2v) is 5.44. The molecule has 0 fully saturated rings. The first-order chi connectivity index (χ1) is 9.74. The molecule has 0 spiro atoms. The van der Waals surface area contributed by atoms with Crippen LogP contribution in [-0.2, 0) is 0 Å². The summed E-state index contributed by atoms with van der Waals surface area (Å²) in [6, 6.07) is 13.0. The molecule has 0 radical (unpaired) electrons. The lowest BCUT2D eigenvalue weighted by Crippen LogP contribution is -2.13. The highest BCUT2D eigenvalue weighted by Crippen LogP contribution is 2.17. The Labute approximate surface area is 129 Å². The number of nitrogens with zero attached hydrogens (tertiary/aromatic N) is 2. The Balaban J connectivity index is 1.97. The zero-order chi connectivity index (χ0) is 13.9. The molecule has 4 nitrogen and oxygen atoms in total. The zero-order valence-corrected chi connectivity index (χ0v) is 12.5. The fourth-order valence-electron chi connectivity index (χ4n) is 1.94. The van der Waals surface area contributed by atoms with Crippen molar-refractivity contribution in [2.75, 3.05) is 5.32 Å². The van der Waals surface area contributed by atoms with Crippen molar-refractivity contribution in [1.29, 1.82) is 0 Å². The standard InChI is InChI=1S/C15H10IN3O/c16-10-3-1-4-11(9-10)19-15(20)12-5-2-6-13-14(12)18-8-7-17-13/h1-9H,(H,19,20). The van der Waals surface area contributed by atoms with Crippen molar-refractivity contribution in [3.05, 3.63) is 64.0 Å². The lowest BCUT2D eigenvalue weighted by molar-refractivity contribution is 0.102. The molecule has 0 aliphatic rings. The number of benzene rings is 2. The van der Waals surface area contributed by atoms with Crippen molar-refractivity contribution < 1.29 is 4.79 Å². The molecule has 0 saturated heterocycles. The van der Waals surface area contributed by atoms with E-state index in [0.717, 1.165) is 9.26 Å². The van der Waals surface area contributed by atoms with E-state index >= 15 is 0 Å². The molecule has 98 valence electrons. The van der Waals surface area contributed by atoms with Crippen LogP contribution in [0.4, 0.5) is 5.69 Å². The highest BCUT2D eigenvalue weighted by molar-refractivity contribution is 14.1.